The number of aliphatic hydroxyl groups excluding tert-OH is 2. The zero-order chi connectivity index (χ0) is 39.4. The molecule has 2 atom stereocenters. The molecular weight excluding hydrogens is 671 g/mol. The first-order valence-electron chi connectivity index (χ1n) is 24.3. The molecule has 2 unspecified atom stereocenters. The summed E-state index contributed by atoms with van der Waals surface area (Å²) < 4.78 is 5.45. The molecular formula is C48H95NO5. The number of amides is 1. The third kappa shape index (κ3) is 40.5. The first-order valence-corrected chi connectivity index (χ1v) is 24.3. The third-order valence-electron chi connectivity index (χ3n) is 11.4. The van der Waals surface area contributed by atoms with Crippen LogP contribution in [0.3, 0.4) is 0 Å². The van der Waals surface area contributed by atoms with Gasteiger partial charge in [-0.25, -0.2) is 0 Å². The number of esters is 1. The Morgan fingerprint density at radius 3 is 1.13 bits per heavy atom. The van der Waals surface area contributed by atoms with Crippen molar-refractivity contribution in [1.82, 2.24) is 5.32 Å². The molecule has 0 spiro atoms. The molecule has 0 aromatic heterocycles. The van der Waals surface area contributed by atoms with E-state index in [2.05, 4.69) is 19.2 Å². The molecule has 0 aromatic rings. The van der Waals surface area contributed by atoms with Gasteiger partial charge in [0.25, 0.3) is 0 Å². The summed E-state index contributed by atoms with van der Waals surface area (Å²) >= 11 is 0. The molecule has 0 radical (unpaired) electrons. The van der Waals surface area contributed by atoms with Gasteiger partial charge in [0, 0.05) is 12.8 Å². The Bertz CT molecular complexity index is 761. The molecule has 0 bridgehead atoms. The van der Waals surface area contributed by atoms with Gasteiger partial charge in [-0.1, -0.05) is 232 Å². The lowest BCUT2D eigenvalue weighted by Crippen LogP contribution is -2.45. The van der Waals surface area contributed by atoms with E-state index in [1.54, 1.807) is 0 Å². The lowest BCUT2D eigenvalue weighted by Gasteiger charge is -2.22. The Balaban J connectivity index is 3.46. The summed E-state index contributed by atoms with van der Waals surface area (Å²) in [5.41, 5.74) is 0. The van der Waals surface area contributed by atoms with Crippen LogP contribution in [0.2, 0.25) is 0 Å². The van der Waals surface area contributed by atoms with Crippen molar-refractivity contribution < 1.29 is 24.5 Å². The van der Waals surface area contributed by atoms with Crippen molar-refractivity contribution in [1.29, 1.82) is 0 Å². The van der Waals surface area contributed by atoms with Crippen molar-refractivity contribution in [2.45, 2.75) is 283 Å². The fourth-order valence-electron chi connectivity index (χ4n) is 7.64. The molecule has 0 fully saturated rings. The van der Waals surface area contributed by atoms with Gasteiger partial charge in [-0.15, -0.1) is 0 Å². The summed E-state index contributed by atoms with van der Waals surface area (Å²) in [7, 11) is 0. The number of rotatable bonds is 45. The van der Waals surface area contributed by atoms with Crippen LogP contribution in [0.1, 0.15) is 271 Å². The van der Waals surface area contributed by atoms with Gasteiger partial charge >= 0.3 is 5.97 Å². The summed E-state index contributed by atoms with van der Waals surface area (Å²) in [6.07, 6.45) is 47.7. The summed E-state index contributed by atoms with van der Waals surface area (Å²) in [6, 6.07) is -0.555. The Hall–Kier alpha value is -1.14. The normalized spacial score (nSPS) is 12.6. The van der Waals surface area contributed by atoms with Crippen molar-refractivity contribution in [3.05, 3.63) is 0 Å². The molecule has 0 heterocycles. The van der Waals surface area contributed by atoms with Crippen LogP contribution in [-0.2, 0) is 14.3 Å². The lowest BCUT2D eigenvalue weighted by molar-refractivity contribution is -0.143. The number of carbonyl (C=O) groups excluding carboxylic acids is 2. The van der Waals surface area contributed by atoms with Crippen molar-refractivity contribution in [2.75, 3.05) is 13.2 Å². The van der Waals surface area contributed by atoms with Crippen LogP contribution in [0.4, 0.5) is 0 Å². The number of hydrogen-bond acceptors (Lipinski definition) is 5. The highest BCUT2D eigenvalue weighted by atomic mass is 16.5. The smallest absolute Gasteiger partial charge is 0.305 e. The molecule has 6 nitrogen and oxygen atoms in total. The second-order valence-electron chi connectivity index (χ2n) is 16.8. The van der Waals surface area contributed by atoms with Crippen molar-refractivity contribution in [2.24, 2.45) is 0 Å². The third-order valence-corrected chi connectivity index (χ3v) is 11.4. The van der Waals surface area contributed by atoms with E-state index < -0.39 is 12.1 Å². The first kappa shape index (κ1) is 52.9. The summed E-state index contributed by atoms with van der Waals surface area (Å²) in [4.78, 5) is 24.4. The van der Waals surface area contributed by atoms with E-state index in [-0.39, 0.29) is 18.5 Å². The van der Waals surface area contributed by atoms with Gasteiger partial charge in [0.2, 0.25) is 5.91 Å². The van der Waals surface area contributed by atoms with E-state index in [0.717, 1.165) is 57.8 Å². The van der Waals surface area contributed by atoms with Crippen LogP contribution in [0.5, 0.6) is 0 Å². The second kappa shape index (κ2) is 44.6. The average Bonchev–Trinajstić information content (AvgIpc) is 3.17. The summed E-state index contributed by atoms with van der Waals surface area (Å²) in [6.45, 7) is 4.91. The van der Waals surface area contributed by atoms with Crippen molar-refractivity contribution in [3.63, 3.8) is 0 Å². The van der Waals surface area contributed by atoms with Crippen LogP contribution in [0, 0.1) is 0 Å². The largest absolute Gasteiger partial charge is 0.466 e. The van der Waals surface area contributed by atoms with Crippen molar-refractivity contribution in [3.8, 4) is 0 Å². The maximum atomic E-state index is 12.4. The topological polar surface area (TPSA) is 95.9 Å². The van der Waals surface area contributed by atoms with Crippen LogP contribution in [-0.4, -0.2) is 47.4 Å². The van der Waals surface area contributed by atoms with Crippen molar-refractivity contribution >= 4 is 11.9 Å². The van der Waals surface area contributed by atoms with Crippen LogP contribution in [0.15, 0.2) is 0 Å². The molecule has 0 aliphatic rings. The van der Waals surface area contributed by atoms with E-state index >= 15 is 0 Å². The zero-order valence-corrected chi connectivity index (χ0v) is 36.5. The number of hydrogen-bond donors (Lipinski definition) is 3. The Morgan fingerprint density at radius 1 is 0.444 bits per heavy atom. The highest BCUT2D eigenvalue weighted by molar-refractivity contribution is 5.76. The van der Waals surface area contributed by atoms with E-state index in [4.69, 9.17) is 4.74 Å². The Kier molecular flexibility index (Phi) is 43.6. The summed E-state index contributed by atoms with van der Waals surface area (Å²) in [5, 5.41) is 23.1. The van der Waals surface area contributed by atoms with Crippen LogP contribution >= 0.6 is 0 Å². The fraction of sp³-hybridized carbons (Fsp3) is 0.958. The van der Waals surface area contributed by atoms with Gasteiger partial charge < -0.3 is 20.3 Å². The molecule has 0 aliphatic carbocycles. The molecule has 6 heteroatoms. The molecule has 0 saturated heterocycles. The molecule has 0 aliphatic heterocycles. The van der Waals surface area contributed by atoms with Gasteiger partial charge in [0.15, 0.2) is 0 Å². The number of aliphatic hydroxyl groups is 2. The second-order valence-corrected chi connectivity index (χ2v) is 16.8. The number of carbonyl (C=O) groups is 2. The van der Waals surface area contributed by atoms with Gasteiger partial charge in [0.1, 0.15) is 0 Å². The molecule has 0 aromatic carbocycles. The highest BCUT2D eigenvalue weighted by Crippen LogP contribution is 2.16. The zero-order valence-electron chi connectivity index (χ0n) is 36.5. The molecule has 1 amide bonds. The average molecular weight is 766 g/mol. The van der Waals surface area contributed by atoms with E-state index in [9.17, 15) is 19.8 Å². The van der Waals surface area contributed by atoms with Gasteiger partial charge in [-0.3, -0.25) is 9.59 Å². The van der Waals surface area contributed by atoms with Gasteiger partial charge in [0.05, 0.1) is 25.4 Å². The minimum atomic E-state index is -0.676. The van der Waals surface area contributed by atoms with Crippen LogP contribution in [0.25, 0.3) is 0 Å². The summed E-state index contributed by atoms with van der Waals surface area (Å²) in [5.74, 6) is -0.0728. The Morgan fingerprint density at radius 2 is 0.759 bits per heavy atom. The SMILES string of the molecule is CCCCCCCCCCCCCCCCC(=O)OCCCCCCCCCCCCC(=O)NC(CO)C(O)CCCCCCCCCCCCCCC. The molecule has 0 saturated carbocycles. The van der Waals surface area contributed by atoms with Crippen LogP contribution < -0.4 is 5.32 Å². The van der Waals surface area contributed by atoms with E-state index in [1.807, 2.05) is 0 Å². The van der Waals surface area contributed by atoms with E-state index in [1.165, 1.54) is 180 Å². The van der Waals surface area contributed by atoms with Gasteiger partial charge in [-0.2, -0.15) is 0 Å². The maximum Gasteiger partial charge on any atom is 0.305 e. The quantitative estimate of drug-likeness (QED) is 0.0424. The molecule has 322 valence electrons. The molecule has 54 heavy (non-hydrogen) atoms. The highest BCUT2D eigenvalue weighted by Gasteiger charge is 2.20. The number of unbranched alkanes of at least 4 members (excludes halogenated alkanes) is 34. The van der Waals surface area contributed by atoms with Gasteiger partial charge in [-0.05, 0) is 25.7 Å². The number of ether oxygens (including phenoxy) is 1. The molecule has 0 rings (SSSR count). The standard InChI is InChI=1S/C48H95NO5/c1-3-5-7-9-11-13-15-17-19-21-26-30-34-38-42-48(53)54-43-39-35-31-27-23-22-25-29-33-37-41-47(52)49-45(44-50)46(51)40-36-32-28-24-20-18-16-14-12-10-8-6-4-2/h45-46,50-51H,3-44H2,1-2H3,(H,49,52). The predicted octanol–water partition coefficient (Wildman–Crippen LogP) is 14.0. The number of nitrogens with one attached hydrogen (secondary N) is 1. The fourth-order valence-corrected chi connectivity index (χ4v) is 7.64. The maximum absolute atomic E-state index is 12.4. The Labute approximate surface area is 336 Å². The van der Waals surface area contributed by atoms with E-state index in [0.29, 0.717) is 25.9 Å². The molecule has 3 N–H and O–H groups in total. The lowest BCUT2D eigenvalue weighted by atomic mass is 10.0. The minimum absolute atomic E-state index is 0.0163. The predicted molar refractivity (Wildman–Crippen MR) is 232 cm³/mol. The monoisotopic (exact) mass is 766 g/mol. The minimum Gasteiger partial charge on any atom is -0.466 e. The first-order chi connectivity index (χ1) is 26.5.